The van der Waals surface area contributed by atoms with E-state index in [9.17, 15) is 9.18 Å². The third-order valence-electron chi connectivity index (χ3n) is 4.92. The zero-order valence-corrected chi connectivity index (χ0v) is 17.5. The Balaban J connectivity index is 1.45. The fourth-order valence-corrected chi connectivity index (χ4v) is 3.27. The van der Waals surface area contributed by atoms with Crippen LogP contribution in [0.4, 0.5) is 4.39 Å². The lowest BCUT2D eigenvalue weighted by Crippen LogP contribution is -2.21. The van der Waals surface area contributed by atoms with Crippen LogP contribution in [0, 0.1) is 5.82 Å². The molecule has 0 amide bonds. The van der Waals surface area contributed by atoms with Gasteiger partial charge in [-0.15, -0.1) is 5.10 Å². The van der Waals surface area contributed by atoms with E-state index in [-0.39, 0.29) is 29.4 Å². The van der Waals surface area contributed by atoms with E-state index in [0.29, 0.717) is 28.6 Å². The van der Waals surface area contributed by atoms with Crippen LogP contribution in [-0.4, -0.2) is 48.9 Å². The van der Waals surface area contributed by atoms with Crippen LogP contribution in [0.2, 0.25) is 0 Å². The topological polar surface area (TPSA) is 123 Å². The van der Waals surface area contributed by atoms with Crippen molar-refractivity contribution in [2.24, 2.45) is 0 Å². The fraction of sp³-hybridized carbons (Fsp3) is 0.143. The van der Waals surface area contributed by atoms with E-state index < -0.39 is 5.56 Å². The first-order valence-electron chi connectivity index (χ1n) is 9.69. The molecule has 0 atom stereocenters. The number of rotatable bonds is 6. The average molecular weight is 449 g/mol. The first-order chi connectivity index (χ1) is 16.1. The third-order valence-corrected chi connectivity index (χ3v) is 4.92. The molecular formula is C21H16FN7O4. The summed E-state index contributed by atoms with van der Waals surface area (Å²) in [6.07, 6.45) is 1.34. The van der Waals surface area contributed by atoms with Gasteiger partial charge in [0.25, 0.3) is 5.56 Å². The summed E-state index contributed by atoms with van der Waals surface area (Å²) in [6.45, 7) is -0.0172. The number of aromatic nitrogens is 7. The van der Waals surface area contributed by atoms with Crippen molar-refractivity contribution in [3.05, 3.63) is 70.9 Å². The van der Waals surface area contributed by atoms with Crippen molar-refractivity contribution < 1.29 is 18.4 Å². The van der Waals surface area contributed by atoms with Crippen LogP contribution < -0.4 is 15.0 Å². The molecule has 0 saturated carbocycles. The smallest absolute Gasteiger partial charge is 0.284 e. The van der Waals surface area contributed by atoms with Crippen molar-refractivity contribution in [3.63, 3.8) is 0 Å². The molecule has 166 valence electrons. The largest absolute Gasteiger partial charge is 0.497 e. The van der Waals surface area contributed by atoms with Crippen LogP contribution >= 0.6 is 0 Å². The van der Waals surface area contributed by atoms with Gasteiger partial charge in [0.05, 0.1) is 25.5 Å². The van der Waals surface area contributed by atoms with Gasteiger partial charge in [0.2, 0.25) is 11.7 Å². The number of ether oxygens (including phenoxy) is 2. The molecule has 0 aliphatic carbocycles. The molecule has 5 rings (SSSR count). The monoisotopic (exact) mass is 449 g/mol. The minimum absolute atomic E-state index is 0.0172. The first-order valence-corrected chi connectivity index (χ1v) is 9.69. The second-order valence-corrected chi connectivity index (χ2v) is 6.91. The van der Waals surface area contributed by atoms with Crippen molar-refractivity contribution in [1.82, 2.24) is 34.7 Å². The highest BCUT2D eigenvalue weighted by Crippen LogP contribution is 2.31. The molecular weight excluding hydrogens is 433 g/mol. The van der Waals surface area contributed by atoms with Gasteiger partial charge in [0, 0.05) is 6.07 Å². The summed E-state index contributed by atoms with van der Waals surface area (Å²) in [7, 11) is 3.08. The summed E-state index contributed by atoms with van der Waals surface area (Å²) < 4.78 is 31.7. The Morgan fingerprint density at radius 1 is 1.09 bits per heavy atom. The minimum Gasteiger partial charge on any atom is -0.497 e. The summed E-state index contributed by atoms with van der Waals surface area (Å²) >= 11 is 0. The van der Waals surface area contributed by atoms with Crippen molar-refractivity contribution in [3.8, 4) is 28.6 Å². The maximum Gasteiger partial charge on any atom is 0.284 e. The predicted octanol–water partition coefficient (Wildman–Crippen LogP) is 2.23. The van der Waals surface area contributed by atoms with Crippen LogP contribution in [0.15, 0.2) is 58.1 Å². The summed E-state index contributed by atoms with van der Waals surface area (Å²) in [5, 5.41) is 11.9. The number of fused-ring (bicyclic) bond motifs is 1. The number of halogens is 1. The lowest BCUT2D eigenvalue weighted by molar-refractivity contribution is 0.369. The van der Waals surface area contributed by atoms with E-state index in [1.54, 1.807) is 25.3 Å². The molecule has 0 spiro atoms. The van der Waals surface area contributed by atoms with Gasteiger partial charge in [-0.1, -0.05) is 10.4 Å². The summed E-state index contributed by atoms with van der Waals surface area (Å²) in [5.41, 5.74) is 1.00. The first kappa shape index (κ1) is 20.3. The van der Waals surface area contributed by atoms with Crippen LogP contribution in [0.5, 0.6) is 11.5 Å². The Kier molecular flexibility index (Phi) is 5.01. The van der Waals surface area contributed by atoms with Crippen molar-refractivity contribution in [1.29, 1.82) is 0 Å². The van der Waals surface area contributed by atoms with Gasteiger partial charge < -0.3 is 14.0 Å². The third kappa shape index (κ3) is 3.67. The van der Waals surface area contributed by atoms with Gasteiger partial charge in [0.15, 0.2) is 11.2 Å². The zero-order chi connectivity index (χ0) is 22.9. The Bertz CT molecular complexity index is 1510. The molecule has 0 N–H and O–H groups in total. The average Bonchev–Trinajstić information content (AvgIpc) is 3.48. The maximum absolute atomic E-state index is 13.2. The van der Waals surface area contributed by atoms with E-state index in [1.807, 2.05) is 0 Å². The van der Waals surface area contributed by atoms with Crippen molar-refractivity contribution in [2.45, 2.75) is 6.54 Å². The van der Waals surface area contributed by atoms with E-state index in [4.69, 9.17) is 14.0 Å². The molecule has 0 fully saturated rings. The van der Waals surface area contributed by atoms with Crippen LogP contribution in [0.25, 0.3) is 28.2 Å². The maximum atomic E-state index is 13.2. The summed E-state index contributed by atoms with van der Waals surface area (Å²) in [4.78, 5) is 21.6. The molecule has 0 saturated heterocycles. The number of hydrogen-bond acceptors (Lipinski definition) is 9. The Morgan fingerprint density at radius 2 is 1.91 bits per heavy atom. The highest BCUT2D eigenvalue weighted by atomic mass is 19.1. The van der Waals surface area contributed by atoms with Crippen LogP contribution in [0.1, 0.15) is 5.89 Å². The van der Waals surface area contributed by atoms with Gasteiger partial charge in [-0.2, -0.15) is 9.67 Å². The van der Waals surface area contributed by atoms with E-state index in [2.05, 4.69) is 25.4 Å². The molecule has 3 heterocycles. The van der Waals surface area contributed by atoms with Gasteiger partial charge in [-0.05, 0) is 36.4 Å². The van der Waals surface area contributed by atoms with E-state index in [1.165, 1.54) is 47.0 Å². The summed E-state index contributed by atoms with van der Waals surface area (Å²) in [6, 6.07) is 10.8. The molecule has 2 aromatic carbocycles. The molecule has 3 aromatic heterocycles. The number of nitrogens with zero attached hydrogens (tertiary/aromatic N) is 7. The molecule has 0 aliphatic rings. The normalized spacial score (nSPS) is 11.1. The molecule has 12 heteroatoms. The SMILES string of the molecule is COc1ccc(-c2noc(Cn3cnc4c(nnn4-c4ccc(F)cc4)c3=O)n2)c(OC)c1. The molecule has 0 bridgehead atoms. The highest BCUT2D eigenvalue weighted by Gasteiger charge is 2.17. The molecule has 0 unspecified atom stereocenters. The van der Waals surface area contributed by atoms with Crippen molar-refractivity contribution in [2.75, 3.05) is 14.2 Å². The Morgan fingerprint density at radius 3 is 2.67 bits per heavy atom. The number of methoxy groups -OCH3 is 2. The number of benzene rings is 2. The minimum atomic E-state index is -0.435. The highest BCUT2D eigenvalue weighted by molar-refractivity contribution is 5.70. The number of hydrogen-bond donors (Lipinski definition) is 0. The molecule has 0 aliphatic heterocycles. The van der Waals surface area contributed by atoms with Crippen LogP contribution in [-0.2, 0) is 6.54 Å². The van der Waals surface area contributed by atoms with Crippen molar-refractivity contribution >= 4 is 11.2 Å². The fourth-order valence-electron chi connectivity index (χ4n) is 3.27. The zero-order valence-electron chi connectivity index (χ0n) is 17.5. The molecule has 11 nitrogen and oxygen atoms in total. The van der Waals surface area contributed by atoms with E-state index in [0.717, 1.165) is 0 Å². The Hall–Kier alpha value is -4.61. The van der Waals surface area contributed by atoms with Gasteiger partial charge in [-0.3, -0.25) is 9.36 Å². The second-order valence-electron chi connectivity index (χ2n) is 6.91. The summed E-state index contributed by atoms with van der Waals surface area (Å²) in [5.74, 6) is 1.24. The second kappa shape index (κ2) is 8.15. The van der Waals surface area contributed by atoms with E-state index >= 15 is 0 Å². The van der Waals surface area contributed by atoms with Gasteiger partial charge in [0.1, 0.15) is 30.2 Å². The molecule has 33 heavy (non-hydrogen) atoms. The molecule has 5 aromatic rings. The predicted molar refractivity (Wildman–Crippen MR) is 113 cm³/mol. The molecule has 0 radical (unpaired) electrons. The lowest BCUT2D eigenvalue weighted by atomic mass is 10.2. The quantitative estimate of drug-likeness (QED) is 0.384. The lowest BCUT2D eigenvalue weighted by Gasteiger charge is -2.07. The van der Waals surface area contributed by atoms with Crippen LogP contribution in [0.3, 0.4) is 0 Å². The van der Waals surface area contributed by atoms with Gasteiger partial charge in [-0.25, -0.2) is 9.37 Å². The Labute approximate surface area is 185 Å². The van der Waals surface area contributed by atoms with Gasteiger partial charge >= 0.3 is 0 Å². The standard InChI is InChI=1S/C21H16FN7O4/c1-31-14-7-8-15(16(9-14)32-2)19-24-17(33-26-19)10-28-11-23-20-18(21(28)30)25-27-29(20)13-5-3-12(22)4-6-13/h3-9,11H,10H2,1-2H3.